The largest absolute Gasteiger partial charge is 0.367 e. The van der Waals surface area contributed by atoms with Crippen molar-refractivity contribution >= 4 is 40.8 Å². The lowest BCUT2D eigenvalue weighted by atomic mass is 10.1. The average Bonchev–Trinajstić information content (AvgIpc) is 3.88. The van der Waals surface area contributed by atoms with Gasteiger partial charge in [-0.25, -0.2) is 15.2 Å². The summed E-state index contributed by atoms with van der Waals surface area (Å²) in [5, 5.41) is 8.16. The number of aromatic nitrogens is 1. The van der Waals surface area contributed by atoms with Crippen molar-refractivity contribution in [2.24, 2.45) is 10.2 Å². The number of pyridine rings is 1. The monoisotopic (exact) mass is 593 g/mol. The molecule has 0 radical (unpaired) electrons. The van der Waals surface area contributed by atoms with Gasteiger partial charge in [-0.1, -0.05) is 60.7 Å². The first-order valence-electron chi connectivity index (χ1n) is 14.6. The van der Waals surface area contributed by atoms with Crippen LogP contribution in [0.3, 0.4) is 0 Å². The molecule has 1 aliphatic carbocycles. The minimum Gasteiger partial charge on any atom is -0.367 e. The van der Waals surface area contributed by atoms with E-state index in [0.29, 0.717) is 37.4 Å². The Bertz CT molecular complexity index is 1780. The first kappa shape index (κ1) is 28.9. The quantitative estimate of drug-likeness (QED) is 0.228. The number of hydrazone groups is 2. The number of fused-ring (bicyclic) bond motifs is 1. The maximum atomic E-state index is 15.5. The van der Waals surface area contributed by atoms with E-state index in [9.17, 15) is 14.4 Å². The lowest BCUT2D eigenvalue weighted by Crippen LogP contribution is -2.49. The van der Waals surface area contributed by atoms with Crippen molar-refractivity contribution in [1.29, 1.82) is 0 Å². The highest BCUT2D eigenvalue weighted by Crippen LogP contribution is 2.38. The highest BCUT2D eigenvalue weighted by molar-refractivity contribution is 5.98. The number of nitrogens with one attached hydrogen (secondary N) is 2. The third-order valence-corrected chi connectivity index (χ3v) is 7.75. The van der Waals surface area contributed by atoms with Crippen LogP contribution in [-0.4, -0.2) is 66.4 Å². The van der Waals surface area contributed by atoms with E-state index in [1.165, 1.54) is 12.3 Å². The Balaban J connectivity index is 1.14. The van der Waals surface area contributed by atoms with Crippen LogP contribution in [0.25, 0.3) is 10.9 Å². The Morgan fingerprint density at radius 2 is 1.48 bits per heavy atom. The maximum Gasteiger partial charge on any atom is 0.276 e. The molecule has 224 valence electrons. The maximum absolute atomic E-state index is 15.5. The first-order chi connectivity index (χ1) is 21.5. The molecule has 0 spiro atoms. The molecule has 2 heterocycles. The first-order valence-corrected chi connectivity index (χ1v) is 14.6. The fourth-order valence-electron chi connectivity index (χ4n) is 5.29. The SMILES string of the molecule is O=C(CN1CCN(c2cc3c(cc2F)c(=O)c(C(=O)N/N=C/c2ccccc2)cn3C2CC2)CC1)N/N=C\c1ccccc1. The van der Waals surface area contributed by atoms with Gasteiger partial charge in [-0.05, 0) is 36.1 Å². The highest BCUT2D eigenvalue weighted by atomic mass is 19.1. The summed E-state index contributed by atoms with van der Waals surface area (Å²) in [6, 6.07) is 21.8. The van der Waals surface area contributed by atoms with Crippen LogP contribution in [0.4, 0.5) is 10.1 Å². The smallest absolute Gasteiger partial charge is 0.276 e. The Morgan fingerprint density at radius 1 is 0.864 bits per heavy atom. The molecule has 11 heteroatoms. The van der Waals surface area contributed by atoms with Crippen molar-refractivity contribution in [2.45, 2.75) is 18.9 Å². The second kappa shape index (κ2) is 13.0. The molecule has 1 saturated carbocycles. The molecule has 4 aromatic rings. The van der Waals surface area contributed by atoms with Gasteiger partial charge in [-0.3, -0.25) is 19.3 Å². The van der Waals surface area contributed by atoms with Crippen LogP contribution in [0, 0.1) is 5.82 Å². The Labute approximate surface area is 253 Å². The predicted molar refractivity (Wildman–Crippen MR) is 169 cm³/mol. The number of hydrogen-bond donors (Lipinski definition) is 2. The third-order valence-electron chi connectivity index (χ3n) is 7.75. The second-order valence-electron chi connectivity index (χ2n) is 10.9. The molecular weight excluding hydrogens is 561 g/mol. The minimum atomic E-state index is -0.645. The van der Waals surface area contributed by atoms with Crippen LogP contribution in [0.15, 0.2) is 94.0 Å². The molecular formula is C33H32FN7O3. The number of hydrogen-bond acceptors (Lipinski definition) is 7. The number of amides is 2. The van der Waals surface area contributed by atoms with E-state index in [1.54, 1.807) is 18.5 Å². The lowest BCUT2D eigenvalue weighted by molar-refractivity contribution is -0.122. The topological polar surface area (TPSA) is 111 Å². The van der Waals surface area contributed by atoms with E-state index in [-0.39, 0.29) is 29.4 Å². The Morgan fingerprint density at radius 3 is 2.09 bits per heavy atom. The summed E-state index contributed by atoms with van der Waals surface area (Å²) in [7, 11) is 0. The summed E-state index contributed by atoms with van der Waals surface area (Å²) in [4.78, 5) is 42.6. The average molecular weight is 594 g/mol. The second-order valence-corrected chi connectivity index (χ2v) is 10.9. The zero-order chi connectivity index (χ0) is 30.5. The number of benzene rings is 3. The molecule has 1 saturated heterocycles. The molecule has 2 N–H and O–H groups in total. The summed E-state index contributed by atoms with van der Waals surface area (Å²) in [5.74, 6) is -1.39. The van der Waals surface area contributed by atoms with E-state index in [2.05, 4.69) is 21.1 Å². The zero-order valence-corrected chi connectivity index (χ0v) is 24.0. The molecule has 3 aromatic carbocycles. The van der Waals surface area contributed by atoms with E-state index < -0.39 is 17.2 Å². The number of anilines is 1. The van der Waals surface area contributed by atoms with Gasteiger partial charge < -0.3 is 9.47 Å². The van der Waals surface area contributed by atoms with Crippen LogP contribution in [-0.2, 0) is 4.79 Å². The number of rotatable bonds is 9. The van der Waals surface area contributed by atoms with Crippen molar-refractivity contribution in [1.82, 2.24) is 20.3 Å². The van der Waals surface area contributed by atoms with Crippen molar-refractivity contribution < 1.29 is 14.0 Å². The van der Waals surface area contributed by atoms with Gasteiger partial charge in [-0.2, -0.15) is 10.2 Å². The van der Waals surface area contributed by atoms with E-state index in [4.69, 9.17) is 0 Å². The predicted octanol–water partition coefficient (Wildman–Crippen LogP) is 3.51. The fraction of sp³-hybridized carbons (Fsp3) is 0.242. The van der Waals surface area contributed by atoms with E-state index >= 15 is 4.39 Å². The molecule has 2 amide bonds. The van der Waals surface area contributed by atoms with E-state index in [0.717, 1.165) is 24.0 Å². The lowest BCUT2D eigenvalue weighted by Gasteiger charge is -2.36. The molecule has 2 aliphatic rings. The number of carbonyl (C=O) groups is 2. The molecule has 0 atom stereocenters. The number of piperazine rings is 1. The number of nitrogens with zero attached hydrogens (tertiary/aromatic N) is 5. The normalized spacial score (nSPS) is 15.7. The van der Waals surface area contributed by atoms with Gasteiger partial charge in [0.15, 0.2) is 0 Å². The molecule has 1 aliphatic heterocycles. The van der Waals surface area contributed by atoms with Crippen molar-refractivity contribution in [2.75, 3.05) is 37.6 Å². The van der Waals surface area contributed by atoms with Gasteiger partial charge in [0.2, 0.25) is 5.43 Å². The molecule has 1 aromatic heterocycles. The third kappa shape index (κ3) is 6.73. The standard InChI is InChI=1S/C33H32FN7O3/c34-28-17-26-29(41(25-11-12-25)21-27(32(26)43)33(44)38-36-20-24-9-5-2-6-10-24)18-30(28)40-15-13-39(14-16-40)22-31(42)37-35-19-23-7-3-1-4-8-23/h1-10,17-21,25H,11-16,22H2,(H,37,42)(H,38,44)/b35-19-,36-20+. The number of carbonyl (C=O) groups excluding carboxylic acids is 2. The van der Waals surface area contributed by atoms with Crippen LogP contribution >= 0.6 is 0 Å². The summed E-state index contributed by atoms with van der Waals surface area (Å²) in [6.07, 6.45) is 6.47. The van der Waals surface area contributed by atoms with Crippen LogP contribution in [0.1, 0.15) is 40.4 Å². The van der Waals surface area contributed by atoms with Gasteiger partial charge in [0.25, 0.3) is 11.8 Å². The minimum absolute atomic E-state index is 0.0817. The fourth-order valence-corrected chi connectivity index (χ4v) is 5.29. The van der Waals surface area contributed by atoms with Gasteiger partial charge in [0.1, 0.15) is 11.4 Å². The molecule has 10 nitrogen and oxygen atoms in total. The van der Waals surface area contributed by atoms with Gasteiger partial charge >= 0.3 is 0 Å². The Kier molecular flexibility index (Phi) is 8.55. The molecule has 0 unspecified atom stereocenters. The molecule has 0 bridgehead atoms. The van der Waals surface area contributed by atoms with E-state index in [1.807, 2.05) is 75.0 Å². The molecule has 2 fully saturated rings. The Hall–Kier alpha value is -5.16. The summed E-state index contributed by atoms with van der Waals surface area (Å²) in [5.41, 5.74) is 7.04. The van der Waals surface area contributed by atoms with Crippen molar-refractivity contribution in [3.63, 3.8) is 0 Å². The zero-order valence-electron chi connectivity index (χ0n) is 24.0. The number of halogens is 1. The summed E-state index contributed by atoms with van der Waals surface area (Å²) in [6.45, 7) is 2.32. The summed E-state index contributed by atoms with van der Waals surface area (Å²) < 4.78 is 17.4. The van der Waals surface area contributed by atoms with Crippen LogP contribution < -0.4 is 21.2 Å². The van der Waals surface area contributed by atoms with Crippen LogP contribution in [0.5, 0.6) is 0 Å². The highest BCUT2D eigenvalue weighted by Gasteiger charge is 2.29. The van der Waals surface area contributed by atoms with Crippen molar-refractivity contribution in [3.05, 3.63) is 112 Å². The molecule has 44 heavy (non-hydrogen) atoms. The van der Waals surface area contributed by atoms with Crippen LogP contribution in [0.2, 0.25) is 0 Å². The van der Waals surface area contributed by atoms with Gasteiger partial charge in [0, 0.05) is 43.8 Å². The molecule has 6 rings (SSSR count). The van der Waals surface area contributed by atoms with Crippen molar-refractivity contribution in [3.8, 4) is 0 Å². The van der Waals surface area contributed by atoms with Gasteiger partial charge in [0.05, 0.1) is 30.2 Å². The van der Waals surface area contributed by atoms with Gasteiger partial charge in [-0.15, -0.1) is 0 Å². The summed E-state index contributed by atoms with van der Waals surface area (Å²) >= 11 is 0.